The number of sulfonamides is 1. The lowest BCUT2D eigenvalue weighted by Gasteiger charge is -2.26. The monoisotopic (exact) mass is 446 g/mol. The van der Waals surface area contributed by atoms with E-state index >= 15 is 0 Å². The Morgan fingerprint density at radius 3 is 2.61 bits per heavy atom. The van der Waals surface area contributed by atoms with E-state index in [9.17, 15) is 17.6 Å². The molecule has 9 nitrogen and oxygen atoms in total. The first-order valence-corrected chi connectivity index (χ1v) is 10.9. The number of rotatable bonds is 5. The maximum atomic E-state index is 14.4. The Morgan fingerprint density at radius 1 is 1.16 bits per heavy atom. The van der Waals surface area contributed by atoms with Crippen LogP contribution in [0, 0.1) is 12.7 Å². The van der Waals surface area contributed by atoms with Gasteiger partial charge < -0.3 is 14.6 Å². The Bertz CT molecular complexity index is 1220. The van der Waals surface area contributed by atoms with Crippen molar-refractivity contribution in [3.8, 4) is 11.4 Å². The fourth-order valence-corrected chi connectivity index (χ4v) is 4.66. The number of hydrogen-bond donors (Lipinski definition) is 1. The number of amides is 1. The summed E-state index contributed by atoms with van der Waals surface area (Å²) in [6.07, 6.45) is 0. The second-order valence-electron chi connectivity index (χ2n) is 6.80. The molecule has 1 saturated heterocycles. The zero-order valence-electron chi connectivity index (χ0n) is 16.5. The number of halogens is 1. The first kappa shape index (κ1) is 21.1. The van der Waals surface area contributed by atoms with Crippen LogP contribution >= 0.6 is 0 Å². The van der Waals surface area contributed by atoms with Crippen LogP contribution < -0.4 is 5.32 Å². The number of aromatic nitrogens is 2. The number of aryl methyl sites for hydroxylation is 1. The third-order valence-corrected chi connectivity index (χ3v) is 6.64. The topological polar surface area (TPSA) is 115 Å². The molecule has 1 fully saturated rings. The lowest BCUT2D eigenvalue weighted by Crippen LogP contribution is -2.41. The molecule has 4 rings (SSSR count). The molecule has 1 N–H and O–H groups in total. The highest BCUT2D eigenvalue weighted by Crippen LogP contribution is 2.27. The molecule has 0 atom stereocenters. The Balaban J connectivity index is 1.63. The molecule has 1 aliphatic rings. The number of carbonyl (C=O) groups is 1. The Kier molecular flexibility index (Phi) is 5.81. The molecule has 11 heteroatoms. The highest BCUT2D eigenvalue weighted by atomic mass is 32.2. The van der Waals surface area contributed by atoms with E-state index in [0.29, 0.717) is 23.0 Å². The van der Waals surface area contributed by atoms with Crippen molar-refractivity contribution < 1.29 is 26.9 Å². The van der Waals surface area contributed by atoms with Crippen LogP contribution in [0.2, 0.25) is 0 Å². The maximum Gasteiger partial charge on any atom is 0.255 e. The average molecular weight is 446 g/mol. The lowest BCUT2D eigenvalue weighted by molar-refractivity contribution is 0.0729. The molecular formula is C20H19FN4O5S. The predicted molar refractivity (Wildman–Crippen MR) is 108 cm³/mol. The third kappa shape index (κ3) is 4.33. The van der Waals surface area contributed by atoms with Crippen LogP contribution in [0.3, 0.4) is 0 Å². The SMILES string of the molecule is Cc1nc(-c2ccccc2NC(=O)c2ccc(F)c(S(=O)(=O)N3CCOCC3)c2)no1. The van der Waals surface area contributed by atoms with Gasteiger partial charge in [0.15, 0.2) is 0 Å². The largest absolute Gasteiger partial charge is 0.379 e. The molecular weight excluding hydrogens is 427 g/mol. The van der Waals surface area contributed by atoms with Gasteiger partial charge in [0.05, 0.1) is 18.9 Å². The molecule has 1 aliphatic heterocycles. The van der Waals surface area contributed by atoms with Crippen LogP contribution in [0.4, 0.5) is 10.1 Å². The van der Waals surface area contributed by atoms with Gasteiger partial charge in [0.2, 0.25) is 21.7 Å². The van der Waals surface area contributed by atoms with Gasteiger partial charge in [0.1, 0.15) is 10.7 Å². The van der Waals surface area contributed by atoms with Crippen LogP contribution in [0.5, 0.6) is 0 Å². The molecule has 0 radical (unpaired) electrons. The van der Waals surface area contributed by atoms with Gasteiger partial charge >= 0.3 is 0 Å². The predicted octanol–water partition coefficient (Wildman–Crippen LogP) is 2.46. The number of benzene rings is 2. The van der Waals surface area contributed by atoms with Crippen molar-refractivity contribution in [2.24, 2.45) is 0 Å². The number of nitrogens with zero attached hydrogens (tertiary/aromatic N) is 3. The molecule has 2 aromatic carbocycles. The van der Waals surface area contributed by atoms with Crippen molar-refractivity contribution in [1.29, 1.82) is 0 Å². The van der Waals surface area contributed by atoms with Crippen LogP contribution in [0.1, 0.15) is 16.2 Å². The van der Waals surface area contributed by atoms with E-state index in [1.165, 1.54) is 6.07 Å². The van der Waals surface area contributed by atoms with Crippen molar-refractivity contribution in [3.05, 3.63) is 59.7 Å². The summed E-state index contributed by atoms with van der Waals surface area (Å²) >= 11 is 0. The first-order chi connectivity index (χ1) is 14.9. The minimum Gasteiger partial charge on any atom is -0.379 e. The fraction of sp³-hybridized carbons (Fsp3) is 0.250. The van der Waals surface area contributed by atoms with E-state index in [1.807, 2.05) is 0 Å². The number of nitrogens with one attached hydrogen (secondary N) is 1. The van der Waals surface area contributed by atoms with Crippen LogP contribution in [-0.4, -0.2) is 55.1 Å². The molecule has 0 aliphatic carbocycles. The quantitative estimate of drug-likeness (QED) is 0.640. The molecule has 0 spiro atoms. The van der Waals surface area contributed by atoms with E-state index in [4.69, 9.17) is 9.26 Å². The molecule has 3 aromatic rings. The Hall–Kier alpha value is -3.15. The molecule has 0 unspecified atom stereocenters. The summed E-state index contributed by atoms with van der Waals surface area (Å²) in [4.78, 5) is 16.4. The molecule has 2 heterocycles. The van der Waals surface area contributed by atoms with Gasteiger partial charge in [-0.15, -0.1) is 0 Å². The van der Waals surface area contributed by atoms with E-state index in [2.05, 4.69) is 15.5 Å². The molecule has 0 bridgehead atoms. The van der Waals surface area contributed by atoms with Gasteiger partial charge in [-0.1, -0.05) is 17.3 Å². The fourth-order valence-electron chi connectivity index (χ4n) is 3.16. The lowest BCUT2D eigenvalue weighted by atomic mass is 10.1. The molecule has 162 valence electrons. The van der Waals surface area contributed by atoms with Gasteiger partial charge in [0.25, 0.3) is 5.91 Å². The smallest absolute Gasteiger partial charge is 0.255 e. The summed E-state index contributed by atoms with van der Waals surface area (Å²) in [5.41, 5.74) is 0.915. The minimum absolute atomic E-state index is 0.00710. The zero-order valence-corrected chi connectivity index (χ0v) is 17.4. The second kappa shape index (κ2) is 8.53. The molecule has 31 heavy (non-hydrogen) atoms. The number of carbonyl (C=O) groups excluding carboxylic acids is 1. The number of hydrogen-bond acceptors (Lipinski definition) is 7. The Labute approximate surface area is 177 Å². The highest BCUT2D eigenvalue weighted by Gasteiger charge is 2.30. The highest BCUT2D eigenvalue weighted by molar-refractivity contribution is 7.89. The maximum absolute atomic E-state index is 14.4. The van der Waals surface area contributed by atoms with E-state index in [1.54, 1.807) is 31.2 Å². The van der Waals surface area contributed by atoms with Crippen molar-refractivity contribution in [2.45, 2.75) is 11.8 Å². The standard InChI is InChI=1S/C20H19FN4O5S/c1-13-22-19(24-30-13)15-4-2-3-5-17(15)23-20(26)14-6-7-16(21)18(12-14)31(27,28)25-8-10-29-11-9-25/h2-7,12H,8-11H2,1H3,(H,23,26). The van der Waals surface area contributed by atoms with Gasteiger partial charge in [-0.2, -0.15) is 9.29 Å². The summed E-state index contributed by atoms with van der Waals surface area (Å²) in [6, 6.07) is 10.1. The van der Waals surface area contributed by atoms with Crippen molar-refractivity contribution in [3.63, 3.8) is 0 Å². The summed E-state index contributed by atoms with van der Waals surface area (Å²) < 4.78 is 51.4. The van der Waals surface area contributed by atoms with Crippen LogP contribution in [0.15, 0.2) is 51.9 Å². The molecule has 1 aromatic heterocycles. The summed E-state index contributed by atoms with van der Waals surface area (Å²) in [7, 11) is -4.10. The van der Waals surface area contributed by atoms with E-state index < -0.39 is 26.6 Å². The van der Waals surface area contributed by atoms with Crippen LogP contribution in [-0.2, 0) is 14.8 Å². The van der Waals surface area contributed by atoms with E-state index in [-0.39, 0.29) is 31.9 Å². The normalized spacial score (nSPS) is 15.0. The minimum atomic E-state index is -4.10. The number of ether oxygens (including phenoxy) is 1. The number of morpholine rings is 1. The van der Waals surface area contributed by atoms with Gasteiger partial charge in [-0.25, -0.2) is 12.8 Å². The van der Waals surface area contributed by atoms with Gasteiger partial charge in [-0.05, 0) is 30.3 Å². The third-order valence-electron chi connectivity index (χ3n) is 4.73. The second-order valence-corrected chi connectivity index (χ2v) is 8.70. The summed E-state index contributed by atoms with van der Waals surface area (Å²) in [5, 5.41) is 6.56. The van der Waals surface area contributed by atoms with Gasteiger partial charge in [0, 0.05) is 31.1 Å². The Morgan fingerprint density at radius 2 is 1.90 bits per heavy atom. The van der Waals surface area contributed by atoms with E-state index in [0.717, 1.165) is 16.4 Å². The number of para-hydroxylation sites is 1. The number of anilines is 1. The average Bonchev–Trinajstić information content (AvgIpc) is 3.21. The van der Waals surface area contributed by atoms with Crippen molar-refractivity contribution in [2.75, 3.05) is 31.6 Å². The van der Waals surface area contributed by atoms with Crippen molar-refractivity contribution >= 4 is 21.6 Å². The summed E-state index contributed by atoms with van der Waals surface area (Å²) in [6.45, 7) is 2.35. The van der Waals surface area contributed by atoms with Gasteiger partial charge in [-0.3, -0.25) is 4.79 Å². The summed E-state index contributed by atoms with van der Waals surface area (Å²) in [5.74, 6) is -0.868. The molecule has 0 saturated carbocycles. The van der Waals surface area contributed by atoms with Crippen molar-refractivity contribution in [1.82, 2.24) is 14.4 Å². The first-order valence-electron chi connectivity index (χ1n) is 9.45. The zero-order chi connectivity index (χ0) is 22.0. The molecule has 1 amide bonds. The van der Waals surface area contributed by atoms with Crippen LogP contribution in [0.25, 0.3) is 11.4 Å².